The van der Waals surface area contributed by atoms with Crippen LogP contribution in [0.2, 0.25) is 0 Å². The molecule has 0 radical (unpaired) electrons. The van der Waals surface area contributed by atoms with Crippen LogP contribution in [-0.4, -0.2) is 29.7 Å². The molecule has 0 bridgehead atoms. The van der Waals surface area contributed by atoms with E-state index in [-0.39, 0.29) is 24.4 Å². The molecule has 0 saturated heterocycles. The van der Waals surface area contributed by atoms with Crippen LogP contribution in [0.1, 0.15) is 37.4 Å². The van der Waals surface area contributed by atoms with E-state index < -0.39 is 24.2 Å². The monoisotopic (exact) mass is 418 g/mol. The highest BCUT2D eigenvalue weighted by Gasteiger charge is 2.42. The molecule has 0 aliphatic heterocycles. The van der Waals surface area contributed by atoms with E-state index in [2.05, 4.69) is 15.6 Å². The lowest BCUT2D eigenvalue weighted by molar-refractivity contribution is -0.161. The number of nitrogens with one attached hydrogen (secondary N) is 2. The van der Waals surface area contributed by atoms with E-state index in [0.717, 1.165) is 5.56 Å². The van der Waals surface area contributed by atoms with E-state index in [1.54, 1.807) is 24.4 Å². The number of alkyl halides is 3. The zero-order valence-corrected chi connectivity index (χ0v) is 17.1. The Morgan fingerprint density at radius 2 is 1.87 bits per heavy atom. The first kappa shape index (κ1) is 23.4. The van der Waals surface area contributed by atoms with Crippen molar-refractivity contribution in [1.29, 1.82) is 5.26 Å². The van der Waals surface area contributed by atoms with Gasteiger partial charge in [-0.05, 0) is 42.5 Å². The summed E-state index contributed by atoms with van der Waals surface area (Å²) in [5.74, 6) is -0.640. The van der Waals surface area contributed by atoms with Gasteiger partial charge in [0.25, 0.3) is 0 Å². The van der Waals surface area contributed by atoms with Gasteiger partial charge >= 0.3 is 6.18 Å². The summed E-state index contributed by atoms with van der Waals surface area (Å²) >= 11 is 0. The minimum Gasteiger partial charge on any atom is -0.342 e. The fourth-order valence-corrected chi connectivity index (χ4v) is 3.09. The highest BCUT2D eigenvalue weighted by molar-refractivity contribution is 5.82. The van der Waals surface area contributed by atoms with Crippen molar-refractivity contribution in [3.63, 3.8) is 0 Å². The number of nitriles is 1. The Kier molecular flexibility index (Phi) is 7.95. The van der Waals surface area contributed by atoms with Gasteiger partial charge in [0.15, 0.2) is 0 Å². The lowest BCUT2D eigenvalue weighted by Crippen LogP contribution is -2.49. The van der Waals surface area contributed by atoms with E-state index in [0.29, 0.717) is 11.3 Å². The third-order valence-electron chi connectivity index (χ3n) is 4.52. The lowest BCUT2D eigenvalue weighted by atomic mass is 9.98. The number of aryl methyl sites for hydroxylation is 1. The van der Waals surface area contributed by atoms with Gasteiger partial charge < -0.3 is 5.32 Å². The molecule has 1 heterocycles. The summed E-state index contributed by atoms with van der Waals surface area (Å²) in [6.07, 6.45) is -2.75. The number of rotatable bonds is 8. The maximum Gasteiger partial charge on any atom is 0.407 e. The number of pyridine rings is 1. The molecule has 0 aliphatic rings. The fourth-order valence-electron chi connectivity index (χ4n) is 3.09. The van der Waals surface area contributed by atoms with Gasteiger partial charge in [-0.25, -0.2) is 0 Å². The Balaban J connectivity index is 2.30. The number of carbonyl (C=O) groups is 1. The van der Waals surface area contributed by atoms with E-state index in [9.17, 15) is 18.0 Å². The van der Waals surface area contributed by atoms with Gasteiger partial charge in [0.1, 0.15) is 12.6 Å². The highest BCUT2D eigenvalue weighted by atomic mass is 19.4. The van der Waals surface area contributed by atoms with Crippen LogP contribution in [0.4, 0.5) is 13.2 Å². The fraction of sp³-hybridized carbons (Fsp3) is 0.409. The van der Waals surface area contributed by atoms with Crippen molar-refractivity contribution in [2.45, 2.75) is 45.5 Å². The normalized spacial score (nSPS) is 13.5. The van der Waals surface area contributed by atoms with Crippen LogP contribution in [0, 0.1) is 24.2 Å². The lowest BCUT2D eigenvalue weighted by Gasteiger charge is -2.28. The van der Waals surface area contributed by atoms with Crippen molar-refractivity contribution in [2.75, 3.05) is 6.54 Å². The predicted octanol–water partition coefficient (Wildman–Crippen LogP) is 4.30. The topological polar surface area (TPSA) is 77.8 Å². The van der Waals surface area contributed by atoms with Crippen LogP contribution in [0.3, 0.4) is 0 Å². The molecule has 1 aromatic carbocycles. The highest BCUT2D eigenvalue weighted by Crippen LogP contribution is 2.34. The molecule has 0 aliphatic carbocycles. The van der Waals surface area contributed by atoms with Crippen molar-refractivity contribution >= 4 is 5.91 Å². The number of hydrogen-bond acceptors (Lipinski definition) is 4. The number of hydrogen-bond donors (Lipinski definition) is 2. The molecule has 1 aromatic heterocycles. The third kappa shape index (κ3) is 6.56. The Labute approximate surface area is 174 Å². The Morgan fingerprint density at radius 3 is 2.40 bits per heavy atom. The average Bonchev–Trinajstić information content (AvgIpc) is 2.68. The first-order valence-electron chi connectivity index (χ1n) is 9.62. The summed E-state index contributed by atoms with van der Waals surface area (Å²) in [5, 5.41) is 13.4. The number of aromatic nitrogens is 1. The van der Waals surface area contributed by atoms with Crippen LogP contribution in [0.25, 0.3) is 11.3 Å². The largest absolute Gasteiger partial charge is 0.407 e. The SMILES string of the molecule is Cc1ccnc(-c2ccc([C@H](N[C@@H](CC(C)C)C(=O)NCC#N)C(F)(F)F)cc2)c1. The molecule has 2 aromatic rings. The van der Waals surface area contributed by atoms with Gasteiger partial charge in [-0.3, -0.25) is 15.1 Å². The molecule has 2 atom stereocenters. The Bertz CT molecular complexity index is 888. The van der Waals surface area contributed by atoms with E-state index in [1.165, 1.54) is 12.1 Å². The van der Waals surface area contributed by atoms with Gasteiger partial charge in [0.2, 0.25) is 5.91 Å². The van der Waals surface area contributed by atoms with Gasteiger partial charge in [-0.15, -0.1) is 0 Å². The van der Waals surface area contributed by atoms with Crippen molar-refractivity contribution in [3.05, 3.63) is 53.7 Å². The molecule has 0 unspecified atom stereocenters. The van der Waals surface area contributed by atoms with Crippen LogP contribution < -0.4 is 10.6 Å². The summed E-state index contributed by atoms with van der Waals surface area (Å²) in [5.41, 5.74) is 2.38. The zero-order chi connectivity index (χ0) is 22.3. The maximum absolute atomic E-state index is 13.8. The Morgan fingerprint density at radius 1 is 1.20 bits per heavy atom. The summed E-state index contributed by atoms with van der Waals surface area (Å²) in [6.45, 7) is 5.29. The second kappa shape index (κ2) is 10.2. The third-order valence-corrected chi connectivity index (χ3v) is 4.52. The molecule has 5 nitrogen and oxygen atoms in total. The number of carbonyl (C=O) groups excluding carboxylic acids is 1. The number of benzene rings is 1. The zero-order valence-electron chi connectivity index (χ0n) is 17.1. The molecular formula is C22H25F3N4O. The summed E-state index contributed by atoms with van der Waals surface area (Å²) in [6, 6.07) is 8.32. The van der Waals surface area contributed by atoms with Crippen molar-refractivity contribution in [3.8, 4) is 17.3 Å². The van der Waals surface area contributed by atoms with Crippen LogP contribution in [0.5, 0.6) is 0 Å². The van der Waals surface area contributed by atoms with Crippen LogP contribution >= 0.6 is 0 Å². The summed E-state index contributed by atoms with van der Waals surface area (Å²) < 4.78 is 41.5. The van der Waals surface area contributed by atoms with Crippen LogP contribution in [0.15, 0.2) is 42.6 Å². The summed E-state index contributed by atoms with van der Waals surface area (Å²) in [7, 11) is 0. The molecule has 8 heteroatoms. The summed E-state index contributed by atoms with van der Waals surface area (Å²) in [4.78, 5) is 16.6. The molecule has 0 spiro atoms. The molecule has 30 heavy (non-hydrogen) atoms. The second-order valence-corrected chi connectivity index (χ2v) is 7.54. The van der Waals surface area contributed by atoms with Gasteiger partial charge in [-0.2, -0.15) is 18.4 Å². The number of amides is 1. The molecule has 160 valence electrons. The average molecular weight is 418 g/mol. The second-order valence-electron chi connectivity index (χ2n) is 7.54. The Hall–Kier alpha value is -2.92. The molecule has 0 saturated carbocycles. The molecular weight excluding hydrogens is 393 g/mol. The minimum absolute atomic E-state index is 0.000687. The predicted molar refractivity (Wildman–Crippen MR) is 108 cm³/mol. The minimum atomic E-state index is -4.60. The van der Waals surface area contributed by atoms with E-state index in [1.807, 2.05) is 32.9 Å². The molecule has 1 amide bonds. The maximum atomic E-state index is 13.8. The van der Waals surface area contributed by atoms with Crippen molar-refractivity contribution < 1.29 is 18.0 Å². The van der Waals surface area contributed by atoms with Crippen LogP contribution in [-0.2, 0) is 4.79 Å². The van der Waals surface area contributed by atoms with E-state index in [4.69, 9.17) is 5.26 Å². The molecule has 2 rings (SSSR count). The van der Waals surface area contributed by atoms with Gasteiger partial charge in [0.05, 0.1) is 17.8 Å². The smallest absolute Gasteiger partial charge is 0.342 e. The van der Waals surface area contributed by atoms with Gasteiger partial charge in [-0.1, -0.05) is 38.1 Å². The standard InChI is InChI=1S/C22H25F3N4O/c1-14(2)12-19(21(30)28-11-9-26)29-20(22(23,24)25)17-6-4-16(5-7-17)18-13-15(3)8-10-27-18/h4-8,10,13-14,19-20,29H,11-12H2,1-3H3,(H,28,30)/t19-,20-/m0/s1. The number of halogens is 3. The quantitative estimate of drug-likeness (QED) is 0.627. The first-order valence-corrected chi connectivity index (χ1v) is 9.62. The number of nitrogens with zero attached hydrogens (tertiary/aromatic N) is 2. The van der Waals surface area contributed by atoms with Crippen molar-refractivity contribution in [2.24, 2.45) is 5.92 Å². The first-order chi connectivity index (χ1) is 14.1. The van der Waals surface area contributed by atoms with Crippen molar-refractivity contribution in [1.82, 2.24) is 15.6 Å². The van der Waals surface area contributed by atoms with E-state index >= 15 is 0 Å². The molecule has 2 N–H and O–H groups in total. The molecule has 0 fully saturated rings. The van der Waals surface area contributed by atoms with Gasteiger partial charge in [0, 0.05) is 11.8 Å².